The minimum atomic E-state index is 0.219. The lowest BCUT2D eigenvalue weighted by atomic mass is 10.1. The van der Waals surface area contributed by atoms with E-state index in [0.717, 1.165) is 49.0 Å². The molecule has 0 radical (unpaired) electrons. The molecule has 1 aliphatic heterocycles. The van der Waals surface area contributed by atoms with Gasteiger partial charge in [-0.1, -0.05) is 54.6 Å². The number of aromatic nitrogens is 2. The predicted molar refractivity (Wildman–Crippen MR) is 124 cm³/mol. The molecule has 0 bridgehead atoms. The molecule has 0 spiro atoms. The summed E-state index contributed by atoms with van der Waals surface area (Å²) in [7, 11) is 0. The van der Waals surface area contributed by atoms with Gasteiger partial charge in [-0.2, -0.15) is 0 Å². The Morgan fingerprint density at radius 3 is 2.33 bits per heavy atom. The van der Waals surface area contributed by atoms with Crippen LogP contribution in [0.5, 0.6) is 0 Å². The zero-order valence-corrected chi connectivity index (χ0v) is 18.0. The Labute approximate surface area is 182 Å². The van der Waals surface area contributed by atoms with E-state index in [-0.39, 0.29) is 5.91 Å². The molecule has 2 aromatic carbocycles. The lowest BCUT2D eigenvalue weighted by Crippen LogP contribution is -2.49. The lowest BCUT2D eigenvalue weighted by Gasteiger charge is -2.35. The summed E-state index contributed by atoms with van der Waals surface area (Å²) in [6, 6.07) is 22.5. The van der Waals surface area contributed by atoms with Gasteiger partial charge in [0.15, 0.2) is 5.82 Å². The monoisotopic (exact) mass is 418 g/mol. The van der Waals surface area contributed by atoms with E-state index >= 15 is 0 Å². The Bertz CT molecular complexity index is 970. The molecule has 0 aliphatic carbocycles. The van der Waals surface area contributed by atoms with Crippen LogP contribution >= 0.6 is 11.8 Å². The summed E-state index contributed by atoms with van der Waals surface area (Å²) < 4.78 is 0. The normalized spacial score (nSPS) is 14.0. The molecular formula is C24H26N4OS. The smallest absolute Gasteiger partial charge is 0.232 e. The molecule has 6 heteroatoms. The Kier molecular flexibility index (Phi) is 6.64. The maximum absolute atomic E-state index is 12.5. The van der Waals surface area contributed by atoms with E-state index in [2.05, 4.69) is 46.3 Å². The van der Waals surface area contributed by atoms with E-state index in [4.69, 9.17) is 0 Å². The van der Waals surface area contributed by atoms with Crippen LogP contribution in [0.4, 0.5) is 5.82 Å². The first-order valence-electron chi connectivity index (χ1n) is 10.2. The first-order chi connectivity index (χ1) is 14.7. The standard InChI is InChI=1S/C24H26N4OS/c1-19-7-5-6-10-21(19)22-11-12-23(26-25-22)27-13-15-28(16-14-27)24(29)18-30-17-20-8-3-2-4-9-20/h2-12H,13-18H2,1H3. The number of carbonyl (C=O) groups is 1. The first kappa shape index (κ1) is 20.4. The molecule has 0 unspecified atom stereocenters. The highest BCUT2D eigenvalue weighted by molar-refractivity contribution is 7.99. The number of hydrogen-bond acceptors (Lipinski definition) is 5. The number of carbonyl (C=O) groups excluding carboxylic acids is 1. The number of benzene rings is 2. The molecule has 0 saturated carbocycles. The third-order valence-corrected chi connectivity index (χ3v) is 6.35. The maximum atomic E-state index is 12.5. The molecule has 4 rings (SSSR count). The van der Waals surface area contributed by atoms with Crippen LogP contribution in [-0.4, -0.2) is 52.9 Å². The molecule has 1 aromatic heterocycles. The molecule has 1 saturated heterocycles. The molecule has 1 amide bonds. The molecule has 30 heavy (non-hydrogen) atoms. The van der Waals surface area contributed by atoms with E-state index in [1.165, 1.54) is 11.1 Å². The fourth-order valence-electron chi connectivity index (χ4n) is 3.60. The molecule has 154 valence electrons. The number of aryl methyl sites for hydroxylation is 1. The number of hydrogen-bond donors (Lipinski definition) is 0. The molecule has 0 atom stereocenters. The van der Waals surface area contributed by atoms with Crippen LogP contribution in [0, 0.1) is 6.92 Å². The van der Waals surface area contributed by atoms with Gasteiger partial charge < -0.3 is 9.80 Å². The van der Waals surface area contributed by atoms with Crippen molar-refractivity contribution in [3.63, 3.8) is 0 Å². The second-order valence-electron chi connectivity index (χ2n) is 7.44. The van der Waals surface area contributed by atoms with Gasteiger partial charge in [0.05, 0.1) is 11.4 Å². The van der Waals surface area contributed by atoms with E-state index in [9.17, 15) is 4.79 Å². The second-order valence-corrected chi connectivity index (χ2v) is 8.42. The van der Waals surface area contributed by atoms with Crippen molar-refractivity contribution < 1.29 is 4.79 Å². The van der Waals surface area contributed by atoms with Crippen LogP contribution in [0.2, 0.25) is 0 Å². The fourth-order valence-corrected chi connectivity index (χ4v) is 4.49. The lowest BCUT2D eigenvalue weighted by molar-refractivity contribution is -0.128. The van der Waals surface area contributed by atoms with Gasteiger partial charge in [0, 0.05) is 37.5 Å². The van der Waals surface area contributed by atoms with Crippen molar-refractivity contribution in [1.29, 1.82) is 0 Å². The number of rotatable bonds is 6. The summed E-state index contributed by atoms with van der Waals surface area (Å²) in [4.78, 5) is 16.7. The van der Waals surface area contributed by atoms with Crippen molar-refractivity contribution in [3.8, 4) is 11.3 Å². The van der Waals surface area contributed by atoms with Crippen LogP contribution < -0.4 is 4.90 Å². The van der Waals surface area contributed by atoms with Crippen LogP contribution in [0.25, 0.3) is 11.3 Å². The van der Waals surface area contributed by atoms with Gasteiger partial charge in [0.1, 0.15) is 0 Å². The average Bonchev–Trinajstić information content (AvgIpc) is 2.80. The van der Waals surface area contributed by atoms with Crippen LogP contribution in [-0.2, 0) is 10.5 Å². The van der Waals surface area contributed by atoms with Crippen molar-refractivity contribution in [3.05, 3.63) is 77.9 Å². The van der Waals surface area contributed by atoms with Crippen molar-refractivity contribution >= 4 is 23.5 Å². The van der Waals surface area contributed by atoms with Crippen molar-refractivity contribution in [2.75, 3.05) is 36.8 Å². The highest BCUT2D eigenvalue weighted by Gasteiger charge is 2.22. The number of thioether (sulfide) groups is 1. The molecule has 1 fully saturated rings. The van der Waals surface area contributed by atoms with Gasteiger partial charge >= 0.3 is 0 Å². The van der Waals surface area contributed by atoms with Crippen molar-refractivity contribution in [1.82, 2.24) is 15.1 Å². The minimum Gasteiger partial charge on any atom is -0.352 e. The summed E-state index contributed by atoms with van der Waals surface area (Å²) in [6.45, 7) is 5.11. The predicted octanol–water partition coefficient (Wildman–Crippen LogP) is 4.03. The Balaban J connectivity index is 1.27. The Morgan fingerprint density at radius 1 is 0.900 bits per heavy atom. The fraction of sp³-hybridized carbons (Fsp3) is 0.292. The van der Waals surface area contributed by atoms with Crippen molar-refractivity contribution in [2.45, 2.75) is 12.7 Å². The second kappa shape index (κ2) is 9.76. The maximum Gasteiger partial charge on any atom is 0.232 e. The van der Waals surface area contributed by atoms with Gasteiger partial charge in [-0.15, -0.1) is 22.0 Å². The summed E-state index contributed by atoms with van der Waals surface area (Å²) >= 11 is 1.68. The van der Waals surface area contributed by atoms with E-state index in [1.54, 1.807) is 11.8 Å². The Hall–Kier alpha value is -2.86. The van der Waals surface area contributed by atoms with Gasteiger partial charge in [-0.05, 0) is 30.2 Å². The highest BCUT2D eigenvalue weighted by atomic mass is 32.2. The van der Waals surface area contributed by atoms with Gasteiger partial charge in [-0.3, -0.25) is 4.79 Å². The third kappa shape index (κ3) is 5.00. The van der Waals surface area contributed by atoms with Gasteiger partial charge in [-0.25, -0.2) is 0 Å². The number of anilines is 1. The largest absolute Gasteiger partial charge is 0.352 e. The van der Waals surface area contributed by atoms with E-state index in [1.807, 2.05) is 47.4 Å². The van der Waals surface area contributed by atoms with Crippen LogP contribution in [0.15, 0.2) is 66.7 Å². The van der Waals surface area contributed by atoms with E-state index in [0.29, 0.717) is 5.75 Å². The number of nitrogens with zero attached hydrogens (tertiary/aromatic N) is 4. The minimum absolute atomic E-state index is 0.219. The van der Waals surface area contributed by atoms with Gasteiger partial charge in [0.25, 0.3) is 0 Å². The molecule has 5 nitrogen and oxygen atoms in total. The molecule has 2 heterocycles. The first-order valence-corrected chi connectivity index (χ1v) is 11.4. The number of piperazine rings is 1. The summed E-state index contributed by atoms with van der Waals surface area (Å²) in [5.74, 6) is 2.49. The zero-order valence-electron chi connectivity index (χ0n) is 17.2. The van der Waals surface area contributed by atoms with E-state index < -0.39 is 0 Å². The topological polar surface area (TPSA) is 49.3 Å². The Morgan fingerprint density at radius 2 is 1.63 bits per heavy atom. The average molecular weight is 419 g/mol. The third-order valence-electron chi connectivity index (χ3n) is 5.36. The number of amides is 1. The summed E-state index contributed by atoms with van der Waals surface area (Å²) in [6.07, 6.45) is 0. The molecule has 3 aromatic rings. The van der Waals surface area contributed by atoms with Crippen LogP contribution in [0.3, 0.4) is 0 Å². The zero-order chi connectivity index (χ0) is 20.8. The summed E-state index contributed by atoms with van der Waals surface area (Å²) in [5.41, 5.74) is 4.45. The van der Waals surface area contributed by atoms with Crippen LogP contribution in [0.1, 0.15) is 11.1 Å². The highest BCUT2D eigenvalue weighted by Crippen LogP contribution is 2.22. The van der Waals surface area contributed by atoms with Crippen molar-refractivity contribution in [2.24, 2.45) is 0 Å². The molecule has 0 N–H and O–H groups in total. The summed E-state index contributed by atoms with van der Waals surface area (Å²) in [5, 5.41) is 8.87. The van der Waals surface area contributed by atoms with Gasteiger partial charge in [0.2, 0.25) is 5.91 Å². The quantitative estimate of drug-likeness (QED) is 0.605. The molecule has 1 aliphatic rings. The SMILES string of the molecule is Cc1ccccc1-c1ccc(N2CCN(C(=O)CSCc3ccccc3)CC2)nn1. The molecular weight excluding hydrogens is 392 g/mol.